The van der Waals surface area contributed by atoms with Gasteiger partial charge in [0, 0.05) is 41.5 Å². The lowest BCUT2D eigenvalue weighted by molar-refractivity contribution is 1.17. The van der Waals surface area contributed by atoms with E-state index in [0.29, 0.717) is 28.6 Å². The van der Waals surface area contributed by atoms with Crippen molar-refractivity contribution in [3.63, 3.8) is 0 Å². The van der Waals surface area contributed by atoms with Crippen LogP contribution in [-0.4, -0.2) is 39.9 Å². The van der Waals surface area contributed by atoms with Crippen molar-refractivity contribution in [1.82, 2.24) is 39.9 Å². The highest BCUT2D eigenvalue weighted by Crippen LogP contribution is 2.34. The van der Waals surface area contributed by atoms with Gasteiger partial charge in [-0.3, -0.25) is 19.9 Å². The molecule has 0 fully saturated rings. The van der Waals surface area contributed by atoms with Crippen molar-refractivity contribution in [2.24, 2.45) is 0 Å². The second kappa shape index (κ2) is 12.9. The Labute approximate surface area is 277 Å². The zero-order valence-corrected chi connectivity index (χ0v) is 25.6. The summed E-state index contributed by atoms with van der Waals surface area (Å²) < 4.78 is 0. The Balaban J connectivity index is 1.36. The topological polar surface area (TPSA) is 103 Å². The number of aromatic nitrogens is 8. The number of nitrogens with zero attached hydrogens (tertiary/aromatic N) is 8. The molecule has 8 rings (SSSR count). The van der Waals surface area contributed by atoms with Crippen LogP contribution in [0.5, 0.6) is 0 Å². The molecule has 7 aromatic heterocycles. The molecule has 0 N–H and O–H groups in total. The maximum atomic E-state index is 5.11. The molecule has 8 nitrogen and oxygen atoms in total. The SMILES string of the molecule is c1ccc(-c2nc(-c3cc(-c4ccccn4)nc(-c4ccccn4)c3)cc(-c3cc(-c4ccccn4)nc(-c4ccccn4)c3)n2)cc1. The first-order valence-electron chi connectivity index (χ1n) is 15.4. The van der Waals surface area contributed by atoms with Crippen molar-refractivity contribution in [3.8, 4) is 79.5 Å². The largest absolute Gasteiger partial charge is 0.255 e. The second-order valence-corrected chi connectivity index (χ2v) is 10.9. The Kier molecular flexibility index (Phi) is 7.70. The molecule has 0 saturated carbocycles. The monoisotopic (exact) mass is 618 g/mol. The zero-order chi connectivity index (χ0) is 32.1. The van der Waals surface area contributed by atoms with Gasteiger partial charge in [-0.05, 0) is 78.9 Å². The van der Waals surface area contributed by atoms with Crippen LogP contribution >= 0.6 is 0 Å². The first-order valence-corrected chi connectivity index (χ1v) is 15.4. The summed E-state index contributed by atoms with van der Waals surface area (Å²) in [6.45, 7) is 0. The Morgan fingerprint density at radius 1 is 0.250 bits per heavy atom. The normalized spacial score (nSPS) is 10.9. The van der Waals surface area contributed by atoms with E-state index in [0.717, 1.165) is 50.9 Å². The molecule has 0 amide bonds. The van der Waals surface area contributed by atoms with Crippen LogP contribution in [0.4, 0.5) is 0 Å². The van der Waals surface area contributed by atoms with Crippen LogP contribution in [0.25, 0.3) is 79.5 Å². The van der Waals surface area contributed by atoms with Gasteiger partial charge in [0.05, 0.1) is 56.9 Å². The van der Waals surface area contributed by atoms with E-state index in [1.54, 1.807) is 24.8 Å². The highest BCUT2D eigenvalue weighted by molar-refractivity contribution is 5.79. The van der Waals surface area contributed by atoms with Crippen LogP contribution in [0.15, 0.2) is 158 Å². The molecular weight excluding hydrogens is 592 g/mol. The van der Waals surface area contributed by atoms with Crippen molar-refractivity contribution in [2.75, 3.05) is 0 Å². The van der Waals surface area contributed by atoms with Crippen molar-refractivity contribution >= 4 is 0 Å². The molecule has 8 heteroatoms. The number of hydrogen-bond acceptors (Lipinski definition) is 8. The number of benzene rings is 1. The smallest absolute Gasteiger partial charge is 0.160 e. The average molecular weight is 619 g/mol. The van der Waals surface area contributed by atoms with Crippen molar-refractivity contribution in [2.45, 2.75) is 0 Å². The molecule has 226 valence electrons. The molecule has 1 aromatic carbocycles. The van der Waals surface area contributed by atoms with Crippen LogP contribution in [0.2, 0.25) is 0 Å². The predicted octanol–water partition coefficient (Wildman–Crippen LogP) is 8.52. The molecule has 0 aliphatic rings. The minimum atomic E-state index is 0.592. The molecule has 0 aliphatic heterocycles. The van der Waals surface area contributed by atoms with E-state index in [2.05, 4.69) is 19.9 Å². The summed E-state index contributed by atoms with van der Waals surface area (Å²) in [5.74, 6) is 0.592. The maximum absolute atomic E-state index is 5.11. The van der Waals surface area contributed by atoms with Crippen molar-refractivity contribution < 1.29 is 0 Å². The molecule has 0 aliphatic carbocycles. The van der Waals surface area contributed by atoms with Crippen LogP contribution in [-0.2, 0) is 0 Å². The summed E-state index contributed by atoms with van der Waals surface area (Å²) in [7, 11) is 0. The molecular formula is C40H26N8. The number of hydrogen-bond donors (Lipinski definition) is 0. The Morgan fingerprint density at radius 3 is 0.938 bits per heavy atom. The number of pyridine rings is 6. The predicted molar refractivity (Wildman–Crippen MR) is 187 cm³/mol. The van der Waals surface area contributed by atoms with E-state index in [1.165, 1.54) is 0 Å². The molecule has 0 saturated heterocycles. The lowest BCUT2D eigenvalue weighted by Crippen LogP contribution is -1.99. The zero-order valence-electron chi connectivity index (χ0n) is 25.6. The van der Waals surface area contributed by atoms with Gasteiger partial charge in [0.25, 0.3) is 0 Å². The molecule has 8 aromatic rings. The van der Waals surface area contributed by atoms with E-state index in [9.17, 15) is 0 Å². The summed E-state index contributed by atoms with van der Waals surface area (Å²) in [6.07, 6.45) is 7.06. The molecule has 0 bridgehead atoms. The summed E-state index contributed by atoms with van der Waals surface area (Å²) in [4.78, 5) is 38.5. The molecule has 48 heavy (non-hydrogen) atoms. The Bertz CT molecular complexity index is 2060. The van der Waals surface area contributed by atoms with Crippen molar-refractivity contribution in [1.29, 1.82) is 0 Å². The van der Waals surface area contributed by atoms with E-state index in [-0.39, 0.29) is 0 Å². The molecule has 0 unspecified atom stereocenters. The van der Waals surface area contributed by atoms with Crippen molar-refractivity contribution in [3.05, 3.63) is 158 Å². The quantitative estimate of drug-likeness (QED) is 0.175. The van der Waals surface area contributed by atoms with Gasteiger partial charge in [-0.25, -0.2) is 19.9 Å². The highest BCUT2D eigenvalue weighted by atomic mass is 14.9. The summed E-state index contributed by atoms with van der Waals surface area (Å²) >= 11 is 0. The van der Waals surface area contributed by atoms with Crippen LogP contribution < -0.4 is 0 Å². The minimum absolute atomic E-state index is 0.592. The lowest BCUT2D eigenvalue weighted by atomic mass is 10.0. The maximum Gasteiger partial charge on any atom is 0.160 e. The average Bonchev–Trinajstić information content (AvgIpc) is 3.19. The van der Waals surface area contributed by atoms with Gasteiger partial charge in [-0.2, -0.15) is 0 Å². The first-order chi connectivity index (χ1) is 23.8. The third-order valence-electron chi connectivity index (χ3n) is 7.71. The molecule has 7 heterocycles. The van der Waals surface area contributed by atoms with E-state index >= 15 is 0 Å². The van der Waals surface area contributed by atoms with Gasteiger partial charge in [-0.1, -0.05) is 54.6 Å². The highest BCUT2D eigenvalue weighted by Gasteiger charge is 2.17. The third kappa shape index (κ3) is 6.05. The summed E-state index contributed by atoms with van der Waals surface area (Å²) in [6, 6.07) is 43.2. The van der Waals surface area contributed by atoms with Gasteiger partial charge >= 0.3 is 0 Å². The van der Waals surface area contributed by atoms with Gasteiger partial charge in [0.2, 0.25) is 0 Å². The number of rotatable bonds is 7. The fraction of sp³-hybridized carbons (Fsp3) is 0. The van der Waals surface area contributed by atoms with Gasteiger partial charge in [0.15, 0.2) is 5.82 Å². The fourth-order valence-electron chi connectivity index (χ4n) is 5.40. The second-order valence-electron chi connectivity index (χ2n) is 10.9. The Morgan fingerprint density at radius 2 is 0.604 bits per heavy atom. The first kappa shape index (κ1) is 28.7. The molecule has 0 spiro atoms. The summed E-state index contributed by atoms with van der Waals surface area (Å²) in [5.41, 5.74) is 9.95. The Hall–Kier alpha value is -6.80. The summed E-state index contributed by atoms with van der Waals surface area (Å²) in [5, 5.41) is 0. The third-order valence-corrected chi connectivity index (χ3v) is 7.71. The molecule has 0 atom stereocenters. The van der Waals surface area contributed by atoms with Gasteiger partial charge < -0.3 is 0 Å². The van der Waals surface area contributed by atoms with E-state index in [1.807, 2.05) is 133 Å². The van der Waals surface area contributed by atoms with Gasteiger partial charge in [0.1, 0.15) is 0 Å². The van der Waals surface area contributed by atoms with Crippen LogP contribution in [0.1, 0.15) is 0 Å². The minimum Gasteiger partial charge on any atom is -0.255 e. The van der Waals surface area contributed by atoms with Crippen LogP contribution in [0, 0.1) is 0 Å². The molecule has 0 radical (unpaired) electrons. The van der Waals surface area contributed by atoms with Crippen LogP contribution in [0.3, 0.4) is 0 Å². The van der Waals surface area contributed by atoms with Gasteiger partial charge in [-0.15, -0.1) is 0 Å². The van der Waals surface area contributed by atoms with E-state index in [4.69, 9.17) is 19.9 Å². The lowest BCUT2D eigenvalue weighted by Gasteiger charge is -2.13. The standard InChI is InChI=1S/C40H26N8/c1-2-12-27(13-3-1)40-47-34(28-22-36(30-14-4-8-18-41-30)45-37(23-28)31-15-5-9-19-42-31)26-35(48-40)29-24-38(32-16-6-10-20-43-32)46-39(25-29)33-17-7-11-21-44-33/h1-26H. The van der Waals surface area contributed by atoms with E-state index < -0.39 is 0 Å². The fourth-order valence-corrected chi connectivity index (χ4v) is 5.40.